The number of hydrogen-bond donors (Lipinski definition) is 1. The third-order valence-corrected chi connectivity index (χ3v) is 5.43. The number of ether oxygens (including phenoxy) is 1. The van der Waals surface area contributed by atoms with Gasteiger partial charge in [0.2, 0.25) is 5.95 Å². The Labute approximate surface area is 183 Å². The lowest BCUT2D eigenvalue weighted by Gasteiger charge is -2.16. The van der Waals surface area contributed by atoms with Crippen LogP contribution in [0.5, 0.6) is 5.75 Å². The van der Waals surface area contributed by atoms with E-state index in [0.29, 0.717) is 24.2 Å². The first-order valence-corrected chi connectivity index (χ1v) is 9.99. The van der Waals surface area contributed by atoms with Crippen molar-refractivity contribution < 1.29 is 4.74 Å². The van der Waals surface area contributed by atoms with Crippen molar-refractivity contribution in [2.45, 2.75) is 26.8 Å². The van der Waals surface area contributed by atoms with Gasteiger partial charge in [-0.05, 0) is 25.5 Å². The molecule has 0 bridgehead atoms. The average Bonchev–Trinajstić information content (AvgIpc) is 2.74. The molecule has 0 saturated carbocycles. The molecule has 0 saturated heterocycles. The molecule has 0 spiro atoms. The summed E-state index contributed by atoms with van der Waals surface area (Å²) in [5, 5.41) is 0.259. The van der Waals surface area contributed by atoms with Crippen LogP contribution in [0, 0.1) is 13.8 Å². The number of fused-ring (bicyclic) bond motifs is 1. The summed E-state index contributed by atoms with van der Waals surface area (Å²) in [7, 11) is 1.63. The Morgan fingerprint density at radius 1 is 1.23 bits per heavy atom. The van der Waals surface area contributed by atoms with Crippen molar-refractivity contribution in [3.63, 3.8) is 0 Å². The molecule has 0 aliphatic carbocycles. The van der Waals surface area contributed by atoms with Crippen LogP contribution in [-0.2, 0) is 13.0 Å². The first-order chi connectivity index (χ1) is 14.9. The maximum Gasteiger partial charge on any atom is 0.223 e. The van der Waals surface area contributed by atoms with Gasteiger partial charge >= 0.3 is 0 Å². The van der Waals surface area contributed by atoms with E-state index in [0.717, 1.165) is 28.1 Å². The van der Waals surface area contributed by atoms with Crippen molar-refractivity contribution in [1.82, 2.24) is 24.5 Å². The maximum absolute atomic E-state index is 13.2. The summed E-state index contributed by atoms with van der Waals surface area (Å²) in [5.41, 5.74) is 10.1. The van der Waals surface area contributed by atoms with Gasteiger partial charge in [-0.15, -0.1) is 0 Å². The van der Waals surface area contributed by atoms with Crippen LogP contribution in [-0.4, -0.2) is 31.6 Å². The molecule has 2 N–H and O–H groups in total. The minimum Gasteiger partial charge on any atom is -0.496 e. The number of nitrogens with zero attached hydrogens (tertiary/aromatic N) is 5. The van der Waals surface area contributed by atoms with Crippen LogP contribution in [0.3, 0.4) is 0 Å². The molecule has 9 heteroatoms. The van der Waals surface area contributed by atoms with Crippen LogP contribution in [0.1, 0.15) is 27.9 Å². The predicted molar refractivity (Wildman–Crippen MR) is 120 cm³/mol. The Morgan fingerprint density at radius 3 is 2.74 bits per heavy atom. The zero-order valence-electron chi connectivity index (χ0n) is 17.4. The van der Waals surface area contributed by atoms with Crippen LogP contribution in [0.2, 0.25) is 5.15 Å². The molecular weight excluding hydrogens is 416 g/mol. The zero-order valence-corrected chi connectivity index (χ0v) is 18.1. The van der Waals surface area contributed by atoms with E-state index in [4.69, 9.17) is 22.1 Å². The molecule has 4 aromatic rings. The van der Waals surface area contributed by atoms with Gasteiger partial charge in [0.05, 0.1) is 19.3 Å². The van der Waals surface area contributed by atoms with Crippen molar-refractivity contribution >= 4 is 28.6 Å². The fourth-order valence-electron chi connectivity index (χ4n) is 3.67. The number of anilines is 1. The summed E-state index contributed by atoms with van der Waals surface area (Å²) < 4.78 is 7.36. The maximum atomic E-state index is 13.2. The lowest BCUT2D eigenvalue weighted by atomic mass is 10.1. The largest absolute Gasteiger partial charge is 0.496 e. The van der Waals surface area contributed by atoms with Gasteiger partial charge in [0, 0.05) is 47.9 Å². The number of nitrogen functional groups attached to an aromatic ring is 1. The van der Waals surface area contributed by atoms with Gasteiger partial charge < -0.3 is 15.0 Å². The van der Waals surface area contributed by atoms with E-state index in [1.165, 1.54) is 0 Å². The van der Waals surface area contributed by atoms with Gasteiger partial charge in [0.15, 0.2) is 11.1 Å². The lowest BCUT2D eigenvalue weighted by molar-refractivity contribution is 0.406. The summed E-state index contributed by atoms with van der Waals surface area (Å²) in [5.74, 6) is 0.773. The number of aryl methyl sites for hydroxylation is 1. The van der Waals surface area contributed by atoms with Gasteiger partial charge in [-0.3, -0.25) is 14.8 Å². The minimum absolute atomic E-state index is 0.00294. The van der Waals surface area contributed by atoms with E-state index in [1.807, 2.05) is 30.5 Å². The molecule has 0 amide bonds. The van der Waals surface area contributed by atoms with Crippen LogP contribution in [0.25, 0.3) is 11.0 Å². The summed E-state index contributed by atoms with van der Waals surface area (Å²) in [6, 6.07) is 3.75. The smallest absolute Gasteiger partial charge is 0.223 e. The fraction of sp³-hybridized carbons (Fsp3) is 0.227. The Balaban J connectivity index is 1.92. The second-order valence-corrected chi connectivity index (χ2v) is 7.62. The van der Waals surface area contributed by atoms with Crippen molar-refractivity contribution in [3.8, 4) is 5.75 Å². The molecule has 4 heterocycles. The highest BCUT2D eigenvalue weighted by atomic mass is 35.5. The van der Waals surface area contributed by atoms with Crippen LogP contribution in [0.4, 0.5) is 5.95 Å². The number of hydrogen-bond acceptors (Lipinski definition) is 7. The Hall–Kier alpha value is -3.52. The molecule has 0 radical (unpaired) electrons. The lowest BCUT2D eigenvalue weighted by Crippen LogP contribution is -2.19. The molecule has 0 atom stereocenters. The highest BCUT2D eigenvalue weighted by Gasteiger charge is 2.18. The average molecular weight is 437 g/mol. The number of halogens is 1. The van der Waals surface area contributed by atoms with Crippen molar-refractivity contribution in [2.75, 3.05) is 12.8 Å². The Bertz CT molecular complexity index is 1340. The highest BCUT2D eigenvalue weighted by Crippen LogP contribution is 2.26. The summed E-state index contributed by atoms with van der Waals surface area (Å²) in [6.07, 6.45) is 7.35. The SMILES string of the molecule is COc1c(C)cnc(Cn2cc(Cc3cccnc3)c(=O)c3c(Cl)nc(N)nc32)c1C. The third-order valence-electron chi connectivity index (χ3n) is 5.15. The van der Waals surface area contributed by atoms with Crippen molar-refractivity contribution in [3.05, 3.63) is 80.2 Å². The van der Waals surface area contributed by atoms with Gasteiger partial charge in [-0.1, -0.05) is 17.7 Å². The standard InChI is InChI=1S/C22H21ClN6O2/c1-12-8-26-16(13(2)19(12)31-3)11-29-10-15(7-14-5-4-6-25-9-14)18(30)17-20(23)27-22(24)28-21(17)29/h4-6,8-10H,7,11H2,1-3H3,(H2,24,27,28). The second-order valence-electron chi connectivity index (χ2n) is 7.27. The second kappa shape index (κ2) is 8.31. The quantitative estimate of drug-likeness (QED) is 0.479. The number of methoxy groups -OCH3 is 1. The number of aromatic nitrogens is 5. The van der Waals surface area contributed by atoms with E-state index in [-0.39, 0.29) is 21.9 Å². The molecule has 0 aliphatic heterocycles. The normalized spacial score (nSPS) is 11.1. The highest BCUT2D eigenvalue weighted by molar-refractivity contribution is 6.34. The van der Waals surface area contributed by atoms with Crippen molar-refractivity contribution in [2.24, 2.45) is 0 Å². The van der Waals surface area contributed by atoms with Crippen LogP contribution in [0.15, 0.2) is 41.7 Å². The molecule has 0 unspecified atom stereocenters. The van der Waals surface area contributed by atoms with E-state index in [1.54, 1.807) is 31.9 Å². The molecule has 31 heavy (non-hydrogen) atoms. The minimum atomic E-state index is -0.230. The molecule has 0 aromatic carbocycles. The number of nitrogens with two attached hydrogens (primary N) is 1. The van der Waals surface area contributed by atoms with Crippen LogP contribution >= 0.6 is 11.6 Å². The molecule has 4 aromatic heterocycles. The molecule has 8 nitrogen and oxygen atoms in total. The fourth-order valence-corrected chi connectivity index (χ4v) is 3.93. The Kier molecular flexibility index (Phi) is 5.56. The van der Waals surface area contributed by atoms with E-state index in [9.17, 15) is 4.79 Å². The van der Waals surface area contributed by atoms with Gasteiger partial charge in [-0.25, -0.2) is 4.98 Å². The topological polar surface area (TPSA) is 109 Å². The summed E-state index contributed by atoms with van der Waals surface area (Å²) in [6.45, 7) is 4.24. The first-order valence-electron chi connectivity index (χ1n) is 9.62. The van der Waals surface area contributed by atoms with Gasteiger partial charge in [0.1, 0.15) is 16.3 Å². The zero-order chi connectivity index (χ0) is 22.1. The number of pyridine rings is 3. The first kappa shape index (κ1) is 20.7. The molecule has 0 fully saturated rings. The Morgan fingerprint density at radius 2 is 2.03 bits per heavy atom. The molecule has 4 rings (SSSR count). The van der Waals surface area contributed by atoms with E-state index < -0.39 is 0 Å². The van der Waals surface area contributed by atoms with Gasteiger partial charge in [-0.2, -0.15) is 4.98 Å². The van der Waals surface area contributed by atoms with Crippen LogP contribution < -0.4 is 15.9 Å². The third kappa shape index (κ3) is 3.94. The predicted octanol–water partition coefficient (Wildman–Crippen LogP) is 3.08. The summed E-state index contributed by atoms with van der Waals surface area (Å²) in [4.78, 5) is 30.2. The van der Waals surface area contributed by atoms with E-state index in [2.05, 4.69) is 19.9 Å². The molecular formula is C22H21ClN6O2. The molecule has 158 valence electrons. The number of rotatable bonds is 5. The van der Waals surface area contributed by atoms with E-state index >= 15 is 0 Å². The summed E-state index contributed by atoms with van der Waals surface area (Å²) >= 11 is 6.32. The monoisotopic (exact) mass is 436 g/mol. The van der Waals surface area contributed by atoms with Crippen molar-refractivity contribution in [1.29, 1.82) is 0 Å². The van der Waals surface area contributed by atoms with Gasteiger partial charge in [0.25, 0.3) is 0 Å². The molecule has 0 aliphatic rings.